The fraction of sp³-hybridized carbons (Fsp3) is 0.490. The molecule has 0 bridgehead atoms. The number of cyclic esters (lactones) is 2. The van der Waals surface area contributed by atoms with Crippen LogP contribution in [-0.2, 0) is 46.3 Å². The van der Waals surface area contributed by atoms with Gasteiger partial charge in [0.05, 0.1) is 34.7 Å². The minimum absolute atomic E-state index is 0.0184. The summed E-state index contributed by atoms with van der Waals surface area (Å²) in [7, 11) is 0. The molecule has 17 nitrogen and oxygen atoms in total. The number of allylic oxidation sites excluding steroid dienone is 6. The van der Waals surface area contributed by atoms with E-state index in [9.17, 15) is 34.5 Å². The molecule has 2 aromatic carbocycles. The molecule has 2 fully saturated rings. The van der Waals surface area contributed by atoms with E-state index >= 15 is 0 Å². The van der Waals surface area contributed by atoms with E-state index in [-0.39, 0.29) is 107 Å². The average Bonchev–Trinajstić information content (AvgIpc) is 3.35. The Morgan fingerprint density at radius 2 is 1.06 bits per heavy atom. The second-order valence-corrected chi connectivity index (χ2v) is 17.4. The van der Waals surface area contributed by atoms with E-state index in [2.05, 4.69) is 10.3 Å². The monoisotopic (exact) mass is 1010 g/mol. The number of rotatable bonds is 10. The van der Waals surface area contributed by atoms with Gasteiger partial charge in [-0.05, 0) is 107 Å². The molecule has 0 unspecified atom stereocenters. The first-order valence-electron chi connectivity index (χ1n) is 23.9. The van der Waals surface area contributed by atoms with Crippen molar-refractivity contribution in [3.05, 3.63) is 93.0 Å². The zero-order valence-electron chi connectivity index (χ0n) is 39.7. The summed E-state index contributed by atoms with van der Waals surface area (Å²) in [6.45, 7) is 4.98. The Hall–Kier alpha value is -6.04. The third-order valence-corrected chi connectivity index (χ3v) is 12.2. The fourth-order valence-corrected chi connectivity index (χ4v) is 8.22. The van der Waals surface area contributed by atoms with E-state index in [0.29, 0.717) is 30.9 Å². The lowest BCUT2D eigenvalue weighted by atomic mass is 9.99. The van der Waals surface area contributed by atoms with E-state index in [1.807, 2.05) is 43.4 Å². The normalized spacial score (nSPS) is 20.4. The Balaban J connectivity index is 0.000000262. The molecule has 19 heteroatoms. The van der Waals surface area contributed by atoms with Gasteiger partial charge in [0.25, 0.3) is 11.8 Å². The maximum Gasteiger partial charge on any atom is 0.342 e. The molecule has 6 rings (SSSR count). The molecule has 0 spiro atoms. The van der Waals surface area contributed by atoms with Gasteiger partial charge >= 0.3 is 11.9 Å². The minimum atomic E-state index is -0.751. The molecule has 380 valence electrons. The highest BCUT2D eigenvalue weighted by Gasteiger charge is 2.27. The number of esters is 2. The van der Waals surface area contributed by atoms with Crippen LogP contribution in [0.1, 0.15) is 116 Å². The van der Waals surface area contributed by atoms with Crippen molar-refractivity contribution in [3.8, 4) is 23.0 Å². The number of phenols is 3. The first kappa shape index (κ1) is 54.9. The molecular weight excluding hydrogens is 947 g/mol. The predicted octanol–water partition coefficient (Wildman–Crippen LogP) is 8.93. The van der Waals surface area contributed by atoms with E-state index in [0.717, 1.165) is 96.5 Å². The number of benzene rings is 2. The van der Waals surface area contributed by atoms with Gasteiger partial charge in [-0.25, -0.2) is 9.59 Å². The quantitative estimate of drug-likeness (QED) is 0.0667. The SMILES string of the molecule is CCOCOc1cc(O)c2c(c1Cl)CC(=NOCC(=O)N1CCCCC1)/C=C/CC/C=C/CCOC2=O.O=C1OCC/C=C/CC/C=C/C(=NOCC(=O)N2CCCCC2)Cc2c(Cl)c(O)cc(O)c21. The number of amides is 2. The second kappa shape index (κ2) is 29.9. The van der Waals surface area contributed by atoms with Gasteiger partial charge in [-0.3, -0.25) is 9.59 Å². The number of phenolic OH excluding ortho intramolecular Hbond substituents is 3. The van der Waals surface area contributed by atoms with E-state index in [1.165, 1.54) is 6.07 Å². The number of aromatic hydroxyl groups is 3. The Morgan fingerprint density at radius 3 is 1.54 bits per heavy atom. The summed E-state index contributed by atoms with van der Waals surface area (Å²) < 4.78 is 21.5. The highest BCUT2D eigenvalue weighted by Crippen LogP contribution is 2.39. The molecule has 2 saturated heterocycles. The van der Waals surface area contributed by atoms with Gasteiger partial charge in [-0.15, -0.1) is 0 Å². The third-order valence-electron chi connectivity index (χ3n) is 11.4. The second-order valence-electron chi connectivity index (χ2n) is 16.6. The zero-order chi connectivity index (χ0) is 50.1. The largest absolute Gasteiger partial charge is 0.507 e. The van der Waals surface area contributed by atoms with Crippen molar-refractivity contribution in [3.63, 3.8) is 0 Å². The third kappa shape index (κ3) is 17.4. The Kier molecular flexibility index (Phi) is 23.4. The zero-order valence-corrected chi connectivity index (χ0v) is 41.2. The molecule has 4 aliphatic rings. The Morgan fingerprint density at radius 1 is 0.614 bits per heavy atom. The number of piperidine rings is 2. The maximum absolute atomic E-state index is 12.9. The highest BCUT2D eigenvalue weighted by atomic mass is 35.5. The highest BCUT2D eigenvalue weighted by molar-refractivity contribution is 6.34. The Bertz CT molecular complexity index is 2280. The first-order chi connectivity index (χ1) is 34.0. The van der Waals surface area contributed by atoms with Gasteiger partial charge in [0.15, 0.2) is 20.0 Å². The van der Waals surface area contributed by atoms with Gasteiger partial charge in [-0.1, -0.05) is 70.0 Å². The number of hydrogen-bond acceptors (Lipinski definition) is 15. The van der Waals surface area contributed by atoms with Gasteiger partial charge in [-0.2, -0.15) is 0 Å². The Labute approximate surface area is 418 Å². The smallest absolute Gasteiger partial charge is 0.342 e. The first-order valence-corrected chi connectivity index (χ1v) is 24.6. The van der Waals surface area contributed by atoms with Crippen LogP contribution in [0.5, 0.6) is 23.0 Å². The number of carbonyl (C=O) groups is 4. The van der Waals surface area contributed by atoms with Crippen LogP contribution < -0.4 is 4.74 Å². The number of likely N-dealkylation sites (tertiary alicyclic amines) is 2. The molecule has 4 aliphatic heterocycles. The summed E-state index contributed by atoms with van der Waals surface area (Å²) in [5.74, 6) is -2.69. The fourth-order valence-electron chi connectivity index (χ4n) is 7.73. The number of carbonyl (C=O) groups excluding carboxylic acids is 4. The van der Waals surface area contributed by atoms with Gasteiger partial charge in [0, 0.05) is 57.8 Å². The van der Waals surface area contributed by atoms with Crippen molar-refractivity contribution in [2.24, 2.45) is 10.3 Å². The number of halogens is 2. The summed E-state index contributed by atoms with van der Waals surface area (Å²) in [6.07, 6.45) is 25.6. The van der Waals surface area contributed by atoms with Crippen molar-refractivity contribution < 1.29 is 63.1 Å². The molecule has 4 heterocycles. The van der Waals surface area contributed by atoms with Gasteiger partial charge in [0.1, 0.15) is 34.1 Å². The molecule has 2 aromatic rings. The maximum atomic E-state index is 12.9. The van der Waals surface area contributed by atoms with Crippen LogP contribution in [0.25, 0.3) is 0 Å². The lowest BCUT2D eigenvalue weighted by molar-refractivity contribution is -0.137. The number of oxime groups is 2. The topological polar surface area (TPSA) is 216 Å². The van der Waals surface area contributed by atoms with Crippen LogP contribution >= 0.6 is 23.2 Å². The molecule has 0 aromatic heterocycles. The summed E-state index contributed by atoms with van der Waals surface area (Å²) in [5.41, 5.74) is 1.04. The molecule has 2 amide bonds. The summed E-state index contributed by atoms with van der Waals surface area (Å²) in [4.78, 5) is 64.8. The molecule has 0 aliphatic carbocycles. The lowest BCUT2D eigenvalue weighted by Gasteiger charge is -2.26. The molecule has 0 saturated carbocycles. The minimum Gasteiger partial charge on any atom is -0.507 e. The van der Waals surface area contributed by atoms with Gasteiger partial charge in [0.2, 0.25) is 0 Å². The van der Waals surface area contributed by atoms with Crippen LogP contribution in [0.3, 0.4) is 0 Å². The molecule has 0 atom stereocenters. The van der Waals surface area contributed by atoms with Gasteiger partial charge < -0.3 is 53.7 Å². The molecule has 3 N–H and O–H groups in total. The average molecular weight is 1010 g/mol. The van der Waals surface area contributed by atoms with Crippen molar-refractivity contribution in [2.45, 2.75) is 96.8 Å². The van der Waals surface area contributed by atoms with Crippen molar-refractivity contribution >= 4 is 58.4 Å². The van der Waals surface area contributed by atoms with Crippen molar-refractivity contribution in [1.82, 2.24) is 9.80 Å². The van der Waals surface area contributed by atoms with Crippen molar-refractivity contribution in [1.29, 1.82) is 0 Å². The molecule has 70 heavy (non-hydrogen) atoms. The summed E-state index contributed by atoms with van der Waals surface area (Å²) in [6, 6.07) is 2.27. The van der Waals surface area contributed by atoms with Crippen LogP contribution in [0.4, 0.5) is 0 Å². The van der Waals surface area contributed by atoms with E-state index in [4.69, 9.17) is 51.8 Å². The van der Waals surface area contributed by atoms with Crippen LogP contribution in [0, 0.1) is 0 Å². The van der Waals surface area contributed by atoms with Crippen LogP contribution in [0.2, 0.25) is 10.0 Å². The molecular formula is C51H64Cl2N4O13. The number of fused-ring (bicyclic) bond motifs is 2. The number of ether oxygens (including phenoxy) is 4. The van der Waals surface area contributed by atoms with Crippen LogP contribution in [-0.4, -0.2) is 126 Å². The van der Waals surface area contributed by atoms with E-state index in [1.54, 1.807) is 22.0 Å². The number of nitrogens with zero attached hydrogens (tertiary/aromatic N) is 4. The van der Waals surface area contributed by atoms with E-state index < -0.39 is 17.7 Å². The molecule has 0 radical (unpaired) electrons. The van der Waals surface area contributed by atoms with Crippen LogP contribution in [0.15, 0.2) is 71.1 Å². The lowest BCUT2D eigenvalue weighted by Crippen LogP contribution is -2.37. The summed E-state index contributed by atoms with van der Waals surface area (Å²) >= 11 is 12.9. The standard InChI is InChI=1S/C27H35ClN2O7.C24H29ClN2O6/c1-2-34-19-36-23-17-22(31)25-21(26(23)28)16-20(12-8-5-3-4-6-11-15-35-27(25)33)29-37-18-24(32)30-13-9-7-10-14-30;25-23-18-14-17(26-33-16-21(30)27-11-7-5-8-12-27)10-6-3-1-2-4-9-13-32-24(31)22(18)19(28)15-20(23)29/h4,6,8,12,17,31H,2-3,5,7,9-11,13-16,18-19H2,1H3;2,4,6,10,15,28-29H,1,3,5,7-9,11-14,16H2/b6-4+,12-8+,29-20?;4-2+,10-6+,26-17?. The summed E-state index contributed by atoms with van der Waals surface area (Å²) in [5, 5.41) is 39.5. The predicted molar refractivity (Wildman–Crippen MR) is 265 cm³/mol. The van der Waals surface area contributed by atoms with Crippen molar-refractivity contribution in [2.75, 3.05) is 66.0 Å². The number of hydrogen-bond donors (Lipinski definition) is 3.